The highest BCUT2D eigenvalue weighted by molar-refractivity contribution is 5.78. The fraction of sp³-hybridized carbons (Fsp3) is 0.167. The van der Waals surface area contributed by atoms with Crippen molar-refractivity contribution in [1.29, 1.82) is 5.26 Å². The second kappa shape index (κ2) is 6.93. The lowest BCUT2D eigenvalue weighted by Crippen LogP contribution is -2.14. The lowest BCUT2D eigenvalue weighted by molar-refractivity contribution is 0.577. The summed E-state index contributed by atoms with van der Waals surface area (Å²) in [5.74, 6) is -1.50. The van der Waals surface area contributed by atoms with Crippen LogP contribution in [0.1, 0.15) is 25.3 Å². The summed E-state index contributed by atoms with van der Waals surface area (Å²) in [5, 5.41) is 9.27. The smallest absolute Gasteiger partial charge is 0.156 e. The number of hydrogen-bond acceptors (Lipinski definition) is 3. The SMILES string of the molecule is C=CN1C=C(c2c(F)ccc(N)c2F)C=C/C1=C(\C#N)CCC. The number of benzene rings is 1. The van der Waals surface area contributed by atoms with E-state index in [-0.39, 0.29) is 11.3 Å². The third-order valence-corrected chi connectivity index (χ3v) is 3.53. The largest absolute Gasteiger partial charge is 0.396 e. The Morgan fingerprint density at radius 3 is 2.74 bits per heavy atom. The minimum Gasteiger partial charge on any atom is -0.396 e. The monoisotopic (exact) mass is 313 g/mol. The van der Waals surface area contributed by atoms with Gasteiger partial charge in [0.1, 0.15) is 5.82 Å². The Labute approximate surface area is 134 Å². The van der Waals surface area contributed by atoms with Gasteiger partial charge in [0, 0.05) is 18.0 Å². The molecule has 2 N–H and O–H groups in total. The number of hydrogen-bond donors (Lipinski definition) is 1. The maximum atomic E-state index is 14.2. The maximum Gasteiger partial charge on any atom is 0.156 e. The van der Waals surface area contributed by atoms with E-state index in [0.29, 0.717) is 23.3 Å². The summed E-state index contributed by atoms with van der Waals surface area (Å²) in [6, 6.07) is 4.48. The number of halogens is 2. The summed E-state index contributed by atoms with van der Waals surface area (Å²) in [7, 11) is 0. The Kier molecular flexibility index (Phi) is 4.97. The third kappa shape index (κ3) is 3.16. The fourth-order valence-electron chi connectivity index (χ4n) is 2.40. The first kappa shape index (κ1) is 16.5. The van der Waals surface area contributed by atoms with E-state index in [2.05, 4.69) is 12.6 Å². The van der Waals surface area contributed by atoms with Crippen molar-refractivity contribution in [3.63, 3.8) is 0 Å². The van der Waals surface area contributed by atoms with E-state index in [1.54, 1.807) is 17.1 Å². The van der Waals surface area contributed by atoms with Crippen LogP contribution in [0.15, 0.2) is 54.5 Å². The molecule has 0 fully saturated rings. The van der Waals surface area contributed by atoms with Gasteiger partial charge >= 0.3 is 0 Å². The van der Waals surface area contributed by atoms with Crippen molar-refractivity contribution < 1.29 is 8.78 Å². The van der Waals surface area contributed by atoms with Crippen LogP contribution in [0.25, 0.3) is 5.57 Å². The second-order valence-corrected chi connectivity index (χ2v) is 5.06. The topological polar surface area (TPSA) is 53.0 Å². The van der Waals surface area contributed by atoms with E-state index >= 15 is 0 Å². The molecule has 0 aromatic heterocycles. The zero-order chi connectivity index (χ0) is 17.0. The quantitative estimate of drug-likeness (QED) is 0.658. The predicted molar refractivity (Wildman–Crippen MR) is 87.5 cm³/mol. The van der Waals surface area contributed by atoms with Crippen LogP contribution in [0, 0.1) is 23.0 Å². The highest BCUT2D eigenvalue weighted by Crippen LogP contribution is 2.32. The average molecular weight is 313 g/mol. The molecule has 1 aliphatic heterocycles. The highest BCUT2D eigenvalue weighted by Gasteiger charge is 2.19. The van der Waals surface area contributed by atoms with Crippen LogP contribution in [0.5, 0.6) is 0 Å². The van der Waals surface area contributed by atoms with Crippen LogP contribution in [0.3, 0.4) is 0 Å². The number of anilines is 1. The molecule has 118 valence electrons. The molecule has 0 bridgehead atoms. The summed E-state index contributed by atoms with van der Waals surface area (Å²) in [4.78, 5) is 1.59. The van der Waals surface area contributed by atoms with Crippen LogP contribution in [0.4, 0.5) is 14.5 Å². The van der Waals surface area contributed by atoms with Gasteiger partial charge in [-0.3, -0.25) is 0 Å². The molecule has 1 aliphatic rings. The molecule has 1 aromatic carbocycles. The third-order valence-electron chi connectivity index (χ3n) is 3.53. The number of nitrogens with two attached hydrogens (primary N) is 1. The summed E-state index contributed by atoms with van der Waals surface area (Å²) in [6.07, 6.45) is 7.70. The highest BCUT2D eigenvalue weighted by atomic mass is 19.1. The van der Waals surface area contributed by atoms with Crippen molar-refractivity contribution in [3.8, 4) is 6.07 Å². The van der Waals surface area contributed by atoms with Gasteiger partial charge in [-0.15, -0.1) is 0 Å². The maximum absolute atomic E-state index is 14.2. The number of nitriles is 1. The lowest BCUT2D eigenvalue weighted by Gasteiger charge is -2.24. The molecular weight excluding hydrogens is 296 g/mol. The molecule has 0 spiro atoms. The van der Waals surface area contributed by atoms with E-state index in [1.807, 2.05) is 6.92 Å². The van der Waals surface area contributed by atoms with Gasteiger partial charge in [-0.1, -0.05) is 26.0 Å². The average Bonchev–Trinajstić information content (AvgIpc) is 2.56. The summed E-state index contributed by atoms with van der Waals surface area (Å²) >= 11 is 0. The van der Waals surface area contributed by atoms with Gasteiger partial charge in [0.15, 0.2) is 5.82 Å². The normalized spacial score (nSPS) is 15.9. The molecule has 0 unspecified atom stereocenters. The van der Waals surface area contributed by atoms with Crippen molar-refractivity contribution in [2.24, 2.45) is 0 Å². The summed E-state index contributed by atoms with van der Waals surface area (Å²) in [6.45, 7) is 5.67. The number of nitrogen functional groups attached to an aromatic ring is 1. The zero-order valence-corrected chi connectivity index (χ0v) is 12.8. The first-order chi connectivity index (χ1) is 11.0. The Morgan fingerprint density at radius 2 is 2.13 bits per heavy atom. The first-order valence-corrected chi connectivity index (χ1v) is 7.21. The minimum absolute atomic E-state index is 0.120. The van der Waals surface area contributed by atoms with Crippen molar-refractivity contribution in [1.82, 2.24) is 4.90 Å². The molecular formula is C18H17F2N3. The molecule has 0 atom stereocenters. The Bertz CT molecular complexity index is 767. The van der Waals surface area contributed by atoms with Gasteiger partial charge in [0.2, 0.25) is 0 Å². The van der Waals surface area contributed by atoms with Crippen molar-refractivity contribution >= 4 is 11.3 Å². The van der Waals surface area contributed by atoms with E-state index < -0.39 is 11.6 Å². The van der Waals surface area contributed by atoms with Crippen molar-refractivity contribution in [3.05, 3.63) is 71.7 Å². The zero-order valence-electron chi connectivity index (χ0n) is 12.8. The standard InChI is InChI=1S/C18H17F2N3/c1-3-5-12(10-21)16-9-6-13(11-23(16)4-2)17-14(19)7-8-15(22)18(17)20/h4,6-9,11H,2-3,5,22H2,1H3/b16-12+. The minimum atomic E-state index is -0.800. The van der Waals surface area contributed by atoms with Crippen molar-refractivity contribution in [2.45, 2.75) is 19.8 Å². The van der Waals surface area contributed by atoms with Gasteiger partial charge < -0.3 is 10.6 Å². The number of nitrogens with zero attached hydrogens (tertiary/aromatic N) is 2. The molecule has 0 aliphatic carbocycles. The molecule has 0 amide bonds. The van der Waals surface area contributed by atoms with Crippen LogP contribution in [0.2, 0.25) is 0 Å². The number of allylic oxidation sites excluding steroid dienone is 4. The van der Waals surface area contributed by atoms with E-state index in [0.717, 1.165) is 12.5 Å². The van der Waals surface area contributed by atoms with Crippen LogP contribution < -0.4 is 5.73 Å². The Morgan fingerprint density at radius 1 is 1.39 bits per heavy atom. The van der Waals surface area contributed by atoms with E-state index in [1.165, 1.54) is 18.5 Å². The van der Waals surface area contributed by atoms with Gasteiger partial charge in [-0.05, 0) is 24.6 Å². The van der Waals surface area contributed by atoms with Crippen molar-refractivity contribution in [2.75, 3.05) is 5.73 Å². The molecule has 23 heavy (non-hydrogen) atoms. The molecule has 2 rings (SSSR count). The van der Waals surface area contributed by atoms with Gasteiger partial charge in [0.25, 0.3) is 0 Å². The first-order valence-electron chi connectivity index (χ1n) is 7.21. The van der Waals surface area contributed by atoms with E-state index in [4.69, 9.17) is 5.73 Å². The van der Waals surface area contributed by atoms with Gasteiger partial charge in [-0.2, -0.15) is 5.26 Å². The van der Waals surface area contributed by atoms with Crippen LogP contribution in [-0.4, -0.2) is 4.90 Å². The van der Waals surface area contributed by atoms with Gasteiger partial charge in [0.05, 0.1) is 28.6 Å². The summed E-state index contributed by atoms with van der Waals surface area (Å²) in [5.41, 5.74) is 6.77. The predicted octanol–water partition coefficient (Wildman–Crippen LogP) is 4.48. The molecule has 0 saturated heterocycles. The molecule has 1 aromatic rings. The molecule has 3 nitrogen and oxygen atoms in total. The molecule has 0 radical (unpaired) electrons. The fourth-order valence-corrected chi connectivity index (χ4v) is 2.40. The van der Waals surface area contributed by atoms with Crippen LogP contribution in [-0.2, 0) is 0 Å². The van der Waals surface area contributed by atoms with Gasteiger partial charge in [-0.25, -0.2) is 8.78 Å². The van der Waals surface area contributed by atoms with E-state index in [9.17, 15) is 14.0 Å². The Balaban J connectivity index is 2.54. The molecule has 0 saturated carbocycles. The Hall–Kier alpha value is -2.87. The van der Waals surface area contributed by atoms with Crippen LogP contribution >= 0.6 is 0 Å². The molecule has 1 heterocycles. The lowest BCUT2D eigenvalue weighted by atomic mass is 9.99. The summed E-state index contributed by atoms with van der Waals surface area (Å²) < 4.78 is 28.2. The second-order valence-electron chi connectivity index (χ2n) is 5.06. The molecule has 5 heteroatoms. The number of rotatable bonds is 4.